The molecule has 3 aromatic carbocycles. The summed E-state index contributed by atoms with van der Waals surface area (Å²) in [5.41, 5.74) is 2.56. The minimum atomic E-state index is -4.14. The Labute approximate surface area is 265 Å². The van der Waals surface area contributed by atoms with Gasteiger partial charge in [-0.25, -0.2) is 8.42 Å². The first kappa shape index (κ1) is 32.8. The molecule has 0 heterocycles. The van der Waals surface area contributed by atoms with Crippen LogP contribution in [0.3, 0.4) is 0 Å². The summed E-state index contributed by atoms with van der Waals surface area (Å²) in [6, 6.07) is 17.7. The molecular formula is C33H39Cl2N3O4S. The highest BCUT2D eigenvalue weighted by Crippen LogP contribution is 2.30. The molecule has 1 N–H and O–H groups in total. The van der Waals surface area contributed by atoms with Crippen LogP contribution in [0.1, 0.15) is 62.1 Å². The molecule has 1 atom stereocenters. The van der Waals surface area contributed by atoms with Gasteiger partial charge in [-0.05, 0) is 80.1 Å². The van der Waals surface area contributed by atoms with Crippen molar-refractivity contribution in [3.8, 4) is 0 Å². The SMILES string of the molecule is CC[C@H](C(=O)NC1CCCCC1)N(Cc1ccc(Cl)cc1Cl)C(=O)CN(c1cc(C)ccc1C)S(=O)(=O)c1ccccc1. The molecule has 1 aliphatic carbocycles. The fourth-order valence-corrected chi connectivity index (χ4v) is 7.48. The molecule has 2 amide bonds. The summed E-state index contributed by atoms with van der Waals surface area (Å²) in [6.45, 7) is 5.04. The normalized spacial score (nSPS) is 14.6. The molecule has 0 aliphatic heterocycles. The lowest BCUT2D eigenvalue weighted by Crippen LogP contribution is -2.54. The molecule has 0 bridgehead atoms. The number of sulfonamides is 1. The van der Waals surface area contributed by atoms with E-state index in [-0.39, 0.29) is 23.4 Å². The molecule has 0 spiro atoms. The Morgan fingerprint density at radius 2 is 1.65 bits per heavy atom. The van der Waals surface area contributed by atoms with Crippen LogP contribution in [-0.4, -0.2) is 43.8 Å². The van der Waals surface area contributed by atoms with Crippen molar-refractivity contribution in [3.63, 3.8) is 0 Å². The second-order valence-electron chi connectivity index (χ2n) is 11.1. The number of carbonyl (C=O) groups is 2. The van der Waals surface area contributed by atoms with Crippen LogP contribution >= 0.6 is 23.2 Å². The predicted molar refractivity (Wildman–Crippen MR) is 173 cm³/mol. The van der Waals surface area contributed by atoms with Gasteiger partial charge in [0.1, 0.15) is 12.6 Å². The number of amides is 2. The summed E-state index contributed by atoms with van der Waals surface area (Å²) >= 11 is 12.7. The van der Waals surface area contributed by atoms with Crippen LogP contribution in [0, 0.1) is 13.8 Å². The quantitative estimate of drug-likeness (QED) is 0.242. The number of hydrogen-bond acceptors (Lipinski definition) is 4. The lowest BCUT2D eigenvalue weighted by molar-refractivity contribution is -0.140. The van der Waals surface area contributed by atoms with Gasteiger partial charge in [-0.2, -0.15) is 0 Å². The first-order chi connectivity index (χ1) is 20.5. The van der Waals surface area contributed by atoms with E-state index < -0.39 is 28.5 Å². The van der Waals surface area contributed by atoms with Crippen LogP contribution in [0.5, 0.6) is 0 Å². The van der Waals surface area contributed by atoms with Crippen molar-refractivity contribution in [2.24, 2.45) is 0 Å². The Morgan fingerprint density at radius 1 is 0.953 bits per heavy atom. The minimum absolute atomic E-state index is 0.0114. The summed E-state index contributed by atoms with van der Waals surface area (Å²) in [4.78, 5) is 29.6. The van der Waals surface area contributed by atoms with Crippen LogP contribution in [0.4, 0.5) is 5.69 Å². The maximum Gasteiger partial charge on any atom is 0.264 e. The molecule has 0 aromatic heterocycles. The number of rotatable bonds is 11. The number of aryl methyl sites for hydroxylation is 2. The molecule has 230 valence electrons. The third-order valence-electron chi connectivity index (χ3n) is 7.94. The van der Waals surface area contributed by atoms with Gasteiger partial charge in [0.15, 0.2) is 0 Å². The number of carbonyl (C=O) groups excluding carboxylic acids is 2. The van der Waals surface area contributed by atoms with Crippen LogP contribution in [0.25, 0.3) is 0 Å². The lowest BCUT2D eigenvalue weighted by Gasteiger charge is -2.35. The van der Waals surface area contributed by atoms with Gasteiger partial charge in [0.05, 0.1) is 10.6 Å². The predicted octanol–water partition coefficient (Wildman–Crippen LogP) is 7.06. The molecular weight excluding hydrogens is 605 g/mol. The first-order valence-electron chi connectivity index (χ1n) is 14.7. The molecule has 43 heavy (non-hydrogen) atoms. The second kappa shape index (κ2) is 14.6. The van der Waals surface area contributed by atoms with Gasteiger partial charge in [-0.15, -0.1) is 0 Å². The number of nitrogens with zero attached hydrogens (tertiary/aromatic N) is 2. The van der Waals surface area contributed by atoms with E-state index in [4.69, 9.17) is 23.2 Å². The summed E-state index contributed by atoms with van der Waals surface area (Å²) in [5.74, 6) is -0.769. The minimum Gasteiger partial charge on any atom is -0.352 e. The fraction of sp³-hybridized carbons (Fsp3) is 0.394. The van der Waals surface area contributed by atoms with E-state index in [9.17, 15) is 18.0 Å². The van der Waals surface area contributed by atoms with Crippen molar-refractivity contribution < 1.29 is 18.0 Å². The monoisotopic (exact) mass is 643 g/mol. The van der Waals surface area contributed by atoms with Crippen LogP contribution in [0.2, 0.25) is 10.0 Å². The molecule has 0 radical (unpaired) electrons. The molecule has 7 nitrogen and oxygen atoms in total. The topological polar surface area (TPSA) is 86.8 Å². The van der Waals surface area contributed by atoms with E-state index in [1.54, 1.807) is 42.5 Å². The van der Waals surface area contributed by atoms with E-state index in [2.05, 4.69) is 5.32 Å². The summed E-state index contributed by atoms with van der Waals surface area (Å²) < 4.78 is 29.3. The highest BCUT2D eigenvalue weighted by atomic mass is 35.5. The van der Waals surface area contributed by atoms with Crippen molar-refractivity contribution in [3.05, 3.63) is 93.5 Å². The zero-order chi connectivity index (χ0) is 31.1. The van der Waals surface area contributed by atoms with Crippen molar-refractivity contribution in [1.29, 1.82) is 0 Å². The molecule has 4 rings (SSSR count). The van der Waals surface area contributed by atoms with E-state index in [0.29, 0.717) is 33.3 Å². The third kappa shape index (κ3) is 8.11. The zero-order valence-corrected chi connectivity index (χ0v) is 27.2. The standard InChI is InChI=1S/C33H39Cl2N3O4S/c1-4-30(33(40)36-27-11-7-5-8-12-27)37(21-25-17-18-26(34)20-29(25)35)32(39)22-38(31-19-23(2)15-16-24(31)3)43(41,42)28-13-9-6-10-14-28/h6,9-10,13-20,27,30H,4-5,7-8,11-12,21-22H2,1-3H3,(H,36,40)/t30-/m1/s1. The molecule has 0 unspecified atom stereocenters. The van der Waals surface area contributed by atoms with E-state index >= 15 is 0 Å². The highest BCUT2D eigenvalue weighted by Gasteiger charge is 2.35. The fourth-order valence-electron chi connectivity index (χ4n) is 5.52. The molecule has 10 heteroatoms. The lowest BCUT2D eigenvalue weighted by atomic mass is 9.95. The first-order valence-corrected chi connectivity index (χ1v) is 16.9. The summed E-state index contributed by atoms with van der Waals surface area (Å²) in [7, 11) is -4.14. The largest absolute Gasteiger partial charge is 0.352 e. The van der Waals surface area contributed by atoms with Gasteiger partial charge in [-0.3, -0.25) is 13.9 Å². The van der Waals surface area contributed by atoms with Crippen molar-refractivity contribution >= 4 is 50.7 Å². The van der Waals surface area contributed by atoms with E-state index in [1.165, 1.54) is 17.0 Å². The van der Waals surface area contributed by atoms with Gasteiger partial charge in [-0.1, -0.05) is 85.8 Å². The average molecular weight is 645 g/mol. The Kier molecular flexibility index (Phi) is 11.2. The van der Waals surface area contributed by atoms with Crippen molar-refractivity contribution in [2.75, 3.05) is 10.8 Å². The summed E-state index contributed by atoms with van der Waals surface area (Å²) in [5, 5.41) is 3.96. The molecule has 1 saturated carbocycles. The van der Waals surface area contributed by atoms with Gasteiger partial charge in [0, 0.05) is 22.6 Å². The van der Waals surface area contributed by atoms with Gasteiger partial charge in [0.2, 0.25) is 11.8 Å². The Balaban J connectivity index is 1.75. The number of halogens is 2. The maximum atomic E-state index is 14.4. The average Bonchev–Trinajstić information content (AvgIpc) is 2.99. The van der Waals surface area contributed by atoms with Crippen molar-refractivity contribution in [1.82, 2.24) is 10.2 Å². The van der Waals surface area contributed by atoms with E-state index in [0.717, 1.165) is 42.0 Å². The third-order valence-corrected chi connectivity index (χ3v) is 10.3. The second-order valence-corrected chi connectivity index (χ2v) is 13.8. The highest BCUT2D eigenvalue weighted by molar-refractivity contribution is 7.92. The Morgan fingerprint density at radius 3 is 2.30 bits per heavy atom. The van der Waals surface area contributed by atoms with Gasteiger partial charge >= 0.3 is 0 Å². The molecule has 0 saturated heterocycles. The van der Waals surface area contributed by atoms with Gasteiger partial charge < -0.3 is 10.2 Å². The van der Waals surface area contributed by atoms with Crippen molar-refractivity contribution in [2.45, 2.75) is 82.8 Å². The maximum absolute atomic E-state index is 14.4. The number of benzene rings is 3. The zero-order valence-electron chi connectivity index (χ0n) is 24.9. The number of anilines is 1. The Hall–Kier alpha value is -3.07. The molecule has 1 aliphatic rings. The number of nitrogens with one attached hydrogen (secondary N) is 1. The molecule has 3 aromatic rings. The molecule has 1 fully saturated rings. The van der Waals surface area contributed by atoms with Crippen LogP contribution < -0.4 is 9.62 Å². The van der Waals surface area contributed by atoms with E-state index in [1.807, 2.05) is 32.9 Å². The Bertz CT molecular complexity index is 1540. The van der Waals surface area contributed by atoms with Crippen LogP contribution in [0.15, 0.2) is 71.6 Å². The summed E-state index contributed by atoms with van der Waals surface area (Å²) in [6.07, 6.45) is 5.38. The number of hydrogen-bond donors (Lipinski definition) is 1. The van der Waals surface area contributed by atoms with Crippen LogP contribution in [-0.2, 0) is 26.2 Å². The smallest absolute Gasteiger partial charge is 0.264 e. The van der Waals surface area contributed by atoms with Gasteiger partial charge in [0.25, 0.3) is 10.0 Å².